The van der Waals surface area contributed by atoms with E-state index in [9.17, 15) is 0 Å². The fraction of sp³-hybridized carbons (Fsp3) is 0.700. The molecule has 4 heteroatoms. The molecule has 0 spiro atoms. The second-order valence-corrected chi connectivity index (χ2v) is 3.44. The van der Waals surface area contributed by atoms with Gasteiger partial charge in [-0.25, -0.2) is 0 Å². The lowest BCUT2D eigenvalue weighted by molar-refractivity contribution is 0.283. The quantitative estimate of drug-likeness (QED) is 0.649. The van der Waals surface area contributed by atoms with Crippen molar-refractivity contribution in [1.82, 2.24) is 9.78 Å². The summed E-state index contributed by atoms with van der Waals surface area (Å²) >= 11 is 0. The highest BCUT2D eigenvalue weighted by Crippen LogP contribution is 2.03. The molecule has 0 saturated carbocycles. The maximum atomic E-state index is 8.58. The van der Waals surface area contributed by atoms with Crippen LogP contribution in [-0.2, 0) is 7.05 Å². The van der Waals surface area contributed by atoms with Crippen LogP contribution in [0.2, 0.25) is 0 Å². The highest BCUT2D eigenvalue weighted by molar-refractivity contribution is 5.31. The Morgan fingerprint density at radius 2 is 2.14 bits per heavy atom. The van der Waals surface area contributed by atoms with Crippen molar-refractivity contribution in [2.24, 2.45) is 7.05 Å². The van der Waals surface area contributed by atoms with Crippen LogP contribution < -0.4 is 5.32 Å². The van der Waals surface area contributed by atoms with Crippen molar-refractivity contribution in [3.05, 3.63) is 12.3 Å². The molecule has 0 aliphatic carbocycles. The van der Waals surface area contributed by atoms with Gasteiger partial charge in [-0.3, -0.25) is 4.68 Å². The minimum Gasteiger partial charge on any atom is -0.396 e. The molecule has 1 rings (SSSR count). The Morgan fingerprint density at radius 3 is 2.79 bits per heavy atom. The van der Waals surface area contributed by atoms with Crippen LogP contribution in [0.4, 0.5) is 5.82 Å². The monoisotopic (exact) mass is 197 g/mol. The van der Waals surface area contributed by atoms with Gasteiger partial charge in [-0.1, -0.05) is 12.8 Å². The van der Waals surface area contributed by atoms with Crippen molar-refractivity contribution in [1.29, 1.82) is 0 Å². The Kier molecular flexibility index (Phi) is 5.07. The summed E-state index contributed by atoms with van der Waals surface area (Å²) in [5, 5.41) is 16.0. The number of rotatable bonds is 7. The van der Waals surface area contributed by atoms with Gasteiger partial charge in [0.1, 0.15) is 5.82 Å². The van der Waals surface area contributed by atoms with E-state index in [2.05, 4.69) is 10.4 Å². The number of nitrogens with zero attached hydrogens (tertiary/aromatic N) is 2. The average molecular weight is 197 g/mol. The summed E-state index contributed by atoms with van der Waals surface area (Å²) in [7, 11) is 1.91. The normalized spacial score (nSPS) is 10.4. The maximum Gasteiger partial charge on any atom is 0.147 e. The Morgan fingerprint density at radius 1 is 1.36 bits per heavy atom. The van der Waals surface area contributed by atoms with Crippen LogP contribution in [-0.4, -0.2) is 28.0 Å². The topological polar surface area (TPSA) is 50.1 Å². The molecule has 0 unspecified atom stereocenters. The molecule has 0 fully saturated rings. The minimum absolute atomic E-state index is 0.313. The third-order valence-electron chi connectivity index (χ3n) is 2.10. The van der Waals surface area contributed by atoms with Crippen molar-refractivity contribution in [3.63, 3.8) is 0 Å². The highest BCUT2D eigenvalue weighted by atomic mass is 16.2. The molecule has 0 amide bonds. The Bertz CT molecular complexity index is 247. The molecule has 14 heavy (non-hydrogen) atoms. The third kappa shape index (κ3) is 4.28. The lowest BCUT2D eigenvalue weighted by Crippen LogP contribution is -2.02. The molecular weight excluding hydrogens is 178 g/mol. The van der Waals surface area contributed by atoms with E-state index in [0.717, 1.165) is 31.6 Å². The van der Waals surface area contributed by atoms with E-state index >= 15 is 0 Å². The van der Waals surface area contributed by atoms with Crippen molar-refractivity contribution in [2.75, 3.05) is 18.5 Å². The zero-order valence-corrected chi connectivity index (χ0v) is 8.74. The van der Waals surface area contributed by atoms with Crippen LogP contribution in [0.1, 0.15) is 25.7 Å². The molecule has 4 nitrogen and oxygen atoms in total. The molecule has 1 heterocycles. The van der Waals surface area contributed by atoms with E-state index in [1.807, 2.05) is 19.3 Å². The number of aryl methyl sites for hydroxylation is 1. The number of aliphatic hydroxyl groups excluding tert-OH is 1. The largest absolute Gasteiger partial charge is 0.396 e. The van der Waals surface area contributed by atoms with Gasteiger partial charge in [-0.05, 0) is 12.8 Å². The predicted molar refractivity (Wildman–Crippen MR) is 57.3 cm³/mol. The zero-order valence-electron chi connectivity index (χ0n) is 8.74. The molecule has 0 saturated heterocycles. The fourth-order valence-corrected chi connectivity index (χ4v) is 1.32. The van der Waals surface area contributed by atoms with Gasteiger partial charge in [0.2, 0.25) is 0 Å². The van der Waals surface area contributed by atoms with E-state index < -0.39 is 0 Å². The Hall–Kier alpha value is -1.03. The molecule has 0 bridgehead atoms. The van der Waals surface area contributed by atoms with Gasteiger partial charge in [0, 0.05) is 32.5 Å². The average Bonchev–Trinajstić information content (AvgIpc) is 2.58. The van der Waals surface area contributed by atoms with Gasteiger partial charge in [-0.2, -0.15) is 5.10 Å². The molecule has 1 aromatic heterocycles. The summed E-state index contributed by atoms with van der Waals surface area (Å²) < 4.78 is 1.79. The number of aromatic nitrogens is 2. The first-order chi connectivity index (χ1) is 6.83. The summed E-state index contributed by atoms with van der Waals surface area (Å²) in [5.74, 6) is 0.939. The summed E-state index contributed by atoms with van der Waals surface area (Å²) in [6.07, 6.45) is 6.26. The SMILES string of the molecule is Cn1ccc(NCCCCCCO)n1. The number of hydrogen-bond donors (Lipinski definition) is 2. The highest BCUT2D eigenvalue weighted by Gasteiger charge is 1.94. The third-order valence-corrected chi connectivity index (χ3v) is 2.10. The molecule has 0 aliphatic heterocycles. The molecule has 0 atom stereocenters. The van der Waals surface area contributed by atoms with Gasteiger partial charge in [0.05, 0.1) is 0 Å². The first-order valence-electron chi connectivity index (χ1n) is 5.17. The summed E-state index contributed by atoms with van der Waals surface area (Å²) in [6.45, 7) is 1.27. The molecule has 80 valence electrons. The Labute approximate surface area is 84.9 Å². The fourth-order valence-electron chi connectivity index (χ4n) is 1.32. The molecule has 0 aliphatic rings. The number of aliphatic hydroxyl groups is 1. The van der Waals surface area contributed by atoms with Gasteiger partial charge >= 0.3 is 0 Å². The smallest absolute Gasteiger partial charge is 0.147 e. The van der Waals surface area contributed by atoms with E-state index in [1.54, 1.807) is 4.68 Å². The first-order valence-corrected chi connectivity index (χ1v) is 5.17. The number of unbranched alkanes of at least 4 members (excludes halogenated alkanes) is 3. The summed E-state index contributed by atoms with van der Waals surface area (Å²) in [5.41, 5.74) is 0. The van der Waals surface area contributed by atoms with Crippen molar-refractivity contribution >= 4 is 5.82 Å². The minimum atomic E-state index is 0.313. The van der Waals surface area contributed by atoms with Gasteiger partial charge in [0.25, 0.3) is 0 Å². The van der Waals surface area contributed by atoms with Crippen molar-refractivity contribution < 1.29 is 5.11 Å². The number of hydrogen-bond acceptors (Lipinski definition) is 3. The van der Waals surface area contributed by atoms with Crippen molar-refractivity contribution in [2.45, 2.75) is 25.7 Å². The van der Waals surface area contributed by atoms with E-state index in [-0.39, 0.29) is 0 Å². The molecule has 0 aromatic carbocycles. The zero-order chi connectivity index (χ0) is 10.2. The van der Waals surface area contributed by atoms with Crippen LogP contribution in [0.3, 0.4) is 0 Å². The van der Waals surface area contributed by atoms with E-state index in [4.69, 9.17) is 5.11 Å². The van der Waals surface area contributed by atoms with Crippen LogP contribution in [0, 0.1) is 0 Å². The van der Waals surface area contributed by atoms with Crippen LogP contribution in [0.25, 0.3) is 0 Å². The first kappa shape index (κ1) is 11.0. The van der Waals surface area contributed by atoms with Crippen LogP contribution in [0.15, 0.2) is 12.3 Å². The second-order valence-electron chi connectivity index (χ2n) is 3.44. The number of nitrogens with one attached hydrogen (secondary N) is 1. The second kappa shape index (κ2) is 6.43. The van der Waals surface area contributed by atoms with Gasteiger partial charge in [-0.15, -0.1) is 0 Å². The lowest BCUT2D eigenvalue weighted by Gasteiger charge is -2.02. The standard InChI is InChI=1S/C10H19N3O/c1-13-8-6-10(12-13)11-7-4-2-3-5-9-14/h6,8,14H,2-5,7,9H2,1H3,(H,11,12). The van der Waals surface area contributed by atoms with Crippen LogP contribution in [0.5, 0.6) is 0 Å². The molecule has 1 aromatic rings. The van der Waals surface area contributed by atoms with E-state index in [1.165, 1.54) is 6.42 Å². The summed E-state index contributed by atoms with van der Waals surface area (Å²) in [4.78, 5) is 0. The predicted octanol–water partition coefficient (Wildman–Crippen LogP) is 1.38. The maximum absolute atomic E-state index is 8.58. The molecule has 2 N–H and O–H groups in total. The van der Waals surface area contributed by atoms with Gasteiger partial charge < -0.3 is 10.4 Å². The van der Waals surface area contributed by atoms with Crippen molar-refractivity contribution in [3.8, 4) is 0 Å². The van der Waals surface area contributed by atoms with Gasteiger partial charge in [0.15, 0.2) is 0 Å². The van der Waals surface area contributed by atoms with E-state index in [0.29, 0.717) is 6.61 Å². The molecule has 0 radical (unpaired) electrons. The summed E-state index contributed by atoms with van der Waals surface area (Å²) in [6, 6.07) is 1.97. The molecular formula is C10H19N3O. The Balaban J connectivity index is 1.99. The lowest BCUT2D eigenvalue weighted by atomic mass is 10.2. The van der Waals surface area contributed by atoms with Crippen LogP contribution >= 0.6 is 0 Å². The number of anilines is 1.